The number of carbonyl (C=O) groups is 6. The average Bonchev–Trinajstić information content (AvgIpc) is 2.64. The number of hydrogen-bond acceptors (Lipinski definition) is 7. The molecule has 0 aromatic carbocycles. The predicted octanol–water partition coefficient (Wildman–Crippen LogP) is -1.54. The molecule has 3 atom stereocenters. The highest BCUT2D eigenvalue weighted by Crippen LogP contribution is 2.33. The molecule has 184 valence electrons. The first-order valence-corrected chi connectivity index (χ1v) is 12.9. The molecule has 4 amide bonds. The molecule has 0 saturated carbocycles. The summed E-state index contributed by atoms with van der Waals surface area (Å²) in [6.07, 6.45) is 5.29. The Hall–Kier alpha value is -2.83. The quantitative estimate of drug-likeness (QED) is 0.185. The topological polar surface area (TPSA) is 194 Å². The molecule has 0 unspecified atom stereocenters. The Morgan fingerprint density at radius 2 is 1.44 bits per heavy atom. The minimum absolute atomic E-state index is 0.128. The van der Waals surface area contributed by atoms with E-state index in [9.17, 15) is 28.8 Å². The Morgan fingerprint density at radius 1 is 0.906 bits per heavy atom. The van der Waals surface area contributed by atoms with Gasteiger partial charge in [-0.2, -0.15) is 0 Å². The van der Waals surface area contributed by atoms with Gasteiger partial charge in [-0.1, -0.05) is 0 Å². The van der Waals surface area contributed by atoms with Crippen molar-refractivity contribution in [3.63, 3.8) is 0 Å². The summed E-state index contributed by atoms with van der Waals surface area (Å²) < 4.78 is 5.08. The summed E-state index contributed by atoms with van der Waals surface area (Å²) in [6, 6.07) is -3.57. The van der Waals surface area contributed by atoms with Crippen molar-refractivity contribution < 1.29 is 38.6 Å². The predicted molar refractivity (Wildman–Crippen MR) is 119 cm³/mol. The van der Waals surface area contributed by atoms with Crippen molar-refractivity contribution >= 4 is 45.6 Å². The third-order valence-electron chi connectivity index (χ3n) is 4.08. The van der Waals surface area contributed by atoms with Gasteiger partial charge in [-0.25, -0.2) is 10.0 Å². The highest BCUT2D eigenvalue weighted by molar-refractivity contribution is 8.32. The number of primary amides is 1. The van der Waals surface area contributed by atoms with Crippen molar-refractivity contribution in [3.8, 4) is 0 Å². The molecular formula is C19H34N4O8S. The van der Waals surface area contributed by atoms with Crippen LogP contribution in [-0.4, -0.2) is 89.9 Å². The van der Waals surface area contributed by atoms with E-state index in [1.165, 1.54) is 13.8 Å². The van der Waals surface area contributed by atoms with Crippen molar-refractivity contribution in [2.75, 3.05) is 31.1 Å². The van der Waals surface area contributed by atoms with Gasteiger partial charge in [-0.3, -0.25) is 28.8 Å². The number of ether oxygens (including phenoxy) is 1. The smallest absolute Gasteiger partial charge is 0.306 e. The van der Waals surface area contributed by atoms with Crippen LogP contribution >= 0.6 is 10.0 Å². The molecular weight excluding hydrogens is 444 g/mol. The Morgan fingerprint density at radius 3 is 1.94 bits per heavy atom. The number of carbonyl (C=O) groups excluding carboxylic acids is 5. The number of esters is 1. The summed E-state index contributed by atoms with van der Waals surface area (Å²) in [7, 11) is -0.788. The maximum absolute atomic E-state index is 12.2. The molecule has 0 aromatic heterocycles. The number of amides is 4. The number of carboxylic acids is 1. The van der Waals surface area contributed by atoms with E-state index in [0.717, 1.165) is 5.75 Å². The van der Waals surface area contributed by atoms with Gasteiger partial charge >= 0.3 is 11.9 Å². The van der Waals surface area contributed by atoms with Gasteiger partial charge in [0, 0.05) is 12.2 Å². The molecule has 0 radical (unpaired) electrons. The fourth-order valence-electron chi connectivity index (χ4n) is 2.17. The zero-order chi connectivity index (χ0) is 25.1. The van der Waals surface area contributed by atoms with Gasteiger partial charge < -0.3 is 31.5 Å². The molecule has 0 aliphatic heterocycles. The molecule has 0 fully saturated rings. The van der Waals surface area contributed by atoms with E-state index >= 15 is 0 Å². The van der Waals surface area contributed by atoms with E-state index in [4.69, 9.17) is 15.6 Å². The lowest BCUT2D eigenvalue weighted by molar-refractivity contribution is -0.144. The molecule has 0 aliphatic rings. The van der Waals surface area contributed by atoms with Gasteiger partial charge in [-0.05, 0) is 32.6 Å². The minimum Gasteiger partial charge on any atom is -0.481 e. The Kier molecular flexibility index (Phi) is 12.4. The first-order chi connectivity index (χ1) is 14.6. The molecule has 13 heteroatoms. The van der Waals surface area contributed by atoms with E-state index < -0.39 is 70.1 Å². The van der Waals surface area contributed by atoms with Crippen LogP contribution in [-0.2, 0) is 33.5 Å². The molecule has 0 saturated heterocycles. The lowest BCUT2D eigenvalue weighted by atomic mass is 10.1. The minimum atomic E-state index is -1.43. The van der Waals surface area contributed by atoms with Gasteiger partial charge in [0.25, 0.3) is 0 Å². The molecule has 0 spiro atoms. The highest BCUT2D eigenvalue weighted by atomic mass is 32.3. The average molecular weight is 479 g/mol. The molecule has 32 heavy (non-hydrogen) atoms. The SMILES string of the molecule is C[C@H](NC(=O)CCC(=O)OCCS(C)(C)C)C(=O)N[C@@H](C)C(=O)N[C@@H](CC(=O)O)C(N)=O. The molecule has 12 nitrogen and oxygen atoms in total. The molecule has 0 rings (SSSR count). The normalized spacial score (nSPS) is 14.3. The van der Waals surface area contributed by atoms with Gasteiger partial charge in [0.1, 0.15) is 18.1 Å². The monoisotopic (exact) mass is 478 g/mol. The largest absolute Gasteiger partial charge is 0.481 e. The van der Waals surface area contributed by atoms with E-state index in [-0.39, 0.29) is 12.8 Å². The Bertz CT molecular complexity index is 723. The highest BCUT2D eigenvalue weighted by Gasteiger charge is 2.26. The lowest BCUT2D eigenvalue weighted by Gasteiger charge is -2.24. The van der Waals surface area contributed by atoms with Crippen LogP contribution < -0.4 is 21.7 Å². The van der Waals surface area contributed by atoms with E-state index in [0.29, 0.717) is 6.61 Å². The van der Waals surface area contributed by atoms with Crippen LogP contribution in [0, 0.1) is 0 Å². The summed E-state index contributed by atoms with van der Waals surface area (Å²) in [5.74, 6) is -4.15. The molecule has 6 N–H and O–H groups in total. The summed E-state index contributed by atoms with van der Waals surface area (Å²) in [4.78, 5) is 69.9. The van der Waals surface area contributed by atoms with Crippen molar-refractivity contribution in [1.29, 1.82) is 0 Å². The van der Waals surface area contributed by atoms with Gasteiger partial charge in [0.2, 0.25) is 23.6 Å². The summed E-state index contributed by atoms with van der Waals surface area (Å²) >= 11 is 0. The fourth-order valence-corrected chi connectivity index (χ4v) is 2.75. The third kappa shape index (κ3) is 13.5. The zero-order valence-electron chi connectivity index (χ0n) is 19.1. The number of carboxylic acid groups (broad SMARTS) is 1. The number of nitrogens with one attached hydrogen (secondary N) is 3. The van der Waals surface area contributed by atoms with Crippen LogP contribution in [0.2, 0.25) is 0 Å². The zero-order valence-corrected chi connectivity index (χ0v) is 19.9. The maximum atomic E-state index is 12.2. The van der Waals surface area contributed by atoms with Gasteiger partial charge in [-0.15, -0.1) is 0 Å². The van der Waals surface area contributed by atoms with E-state index in [1.807, 2.05) is 0 Å². The van der Waals surface area contributed by atoms with Crippen molar-refractivity contribution in [2.45, 2.75) is 51.2 Å². The van der Waals surface area contributed by atoms with E-state index in [2.05, 4.69) is 34.7 Å². The first-order valence-electron chi connectivity index (χ1n) is 9.85. The second kappa shape index (κ2) is 13.6. The summed E-state index contributed by atoms with van der Waals surface area (Å²) in [5, 5.41) is 15.6. The number of aliphatic carboxylic acids is 1. The molecule has 0 aromatic rings. The van der Waals surface area contributed by atoms with Gasteiger partial charge in [0.05, 0.1) is 19.4 Å². The molecule has 0 heterocycles. The summed E-state index contributed by atoms with van der Waals surface area (Å²) in [6.45, 7) is 3.00. The standard InChI is InChI=1S/C19H34N4O8S/c1-11(21-14(24)6-7-16(27)31-8-9-32(3,4)5)18(29)22-12(2)19(30)23-13(17(20)28)10-15(25)26/h11-13H,6-10H2,1-5H3,(H2,20,28)(H,21,24)(H,22,29)(H,23,30)(H,25,26)/t11-,12-,13-/m0/s1. The second-order valence-electron chi connectivity index (χ2n) is 8.10. The number of nitrogens with two attached hydrogens (primary N) is 1. The fraction of sp³-hybridized carbons (Fsp3) is 0.684. The van der Waals surface area contributed by atoms with Crippen molar-refractivity contribution in [1.82, 2.24) is 16.0 Å². The summed E-state index contributed by atoms with van der Waals surface area (Å²) in [5.41, 5.74) is 5.05. The van der Waals surface area contributed by atoms with Crippen LogP contribution in [0.3, 0.4) is 0 Å². The van der Waals surface area contributed by atoms with Gasteiger partial charge in [0.15, 0.2) is 0 Å². The second-order valence-corrected chi connectivity index (χ2v) is 12.7. The van der Waals surface area contributed by atoms with E-state index in [1.54, 1.807) is 0 Å². The molecule has 0 bridgehead atoms. The Balaban J connectivity index is 4.44. The van der Waals surface area contributed by atoms with Crippen molar-refractivity contribution in [3.05, 3.63) is 0 Å². The number of rotatable bonds is 14. The van der Waals surface area contributed by atoms with Crippen LogP contribution in [0.1, 0.15) is 33.1 Å². The third-order valence-corrected chi connectivity index (χ3v) is 5.47. The van der Waals surface area contributed by atoms with Crippen LogP contribution in [0.5, 0.6) is 0 Å². The maximum Gasteiger partial charge on any atom is 0.306 e. The first kappa shape index (κ1) is 29.2. The van der Waals surface area contributed by atoms with Crippen molar-refractivity contribution in [2.24, 2.45) is 5.73 Å². The molecule has 0 aliphatic carbocycles. The number of hydrogen-bond donors (Lipinski definition) is 5. The van der Waals surface area contributed by atoms with Crippen LogP contribution in [0.15, 0.2) is 0 Å². The van der Waals surface area contributed by atoms with Crippen LogP contribution in [0.4, 0.5) is 0 Å². The Labute approximate surface area is 188 Å². The lowest BCUT2D eigenvalue weighted by Crippen LogP contribution is -2.55. The van der Waals surface area contributed by atoms with Crippen LogP contribution in [0.25, 0.3) is 0 Å².